The number of pyridine rings is 2. The normalized spacial score (nSPS) is 11.4. The SMILES string of the molecule is CCOCCn1c(CCCCN2CCN(Cc3nc4cccnc4n3CCOCC)CC2)nc2cccnc21.O=C(O)C(=O)O.O=C(O)C(=O)O.O=C(O)C(=O)O.O=C(O)C(=O)O.O=C(O)C(=O)O.O=C(O)C(=O)O. The Hall–Kier alpha value is -9.28. The number of hydrogen-bond donors (Lipinski definition) is 12. The largest absolute Gasteiger partial charge is 0.473 e. The number of piperazine rings is 1. The molecule has 0 bridgehead atoms. The quantitative estimate of drug-likeness (QED) is 0.0467. The molecular weight excluding hydrogens is 1020 g/mol. The van der Waals surface area contributed by atoms with Gasteiger partial charge >= 0.3 is 71.6 Å². The van der Waals surface area contributed by atoms with Crippen LogP contribution in [0, 0.1) is 0 Å². The first kappa shape index (κ1) is 67.8. The molecule has 1 fully saturated rings. The number of rotatable bonds is 15. The third kappa shape index (κ3) is 30.3. The molecule has 75 heavy (non-hydrogen) atoms. The van der Waals surface area contributed by atoms with Gasteiger partial charge in [0.25, 0.3) is 0 Å². The number of aryl methyl sites for hydroxylation is 1. The van der Waals surface area contributed by atoms with Crippen molar-refractivity contribution in [1.82, 2.24) is 38.9 Å². The highest BCUT2D eigenvalue weighted by Gasteiger charge is 2.21. The molecule has 0 radical (unpaired) electrons. The average Bonchev–Trinajstić information content (AvgIpc) is 3.88. The van der Waals surface area contributed by atoms with Crippen LogP contribution in [-0.4, -0.2) is 231 Å². The van der Waals surface area contributed by atoms with Crippen LogP contribution < -0.4 is 0 Å². The van der Waals surface area contributed by atoms with Crippen LogP contribution in [0.15, 0.2) is 36.7 Å². The lowest BCUT2D eigenvalue weighted by atomic mass is 10.2. The summed E-state index contributed by atoms with van der Waals surface area (Å²) in [4.78, 5) is 133. The van der Waals surface area contributed by atoms with Crippen molar-refractivity contribution in [2.24, 2.45) is 0 Å². The second-order valence-electron chi connectivity index (χ2n) is 13.7. The molecule has 12 N–H and O–H groups in total. The van der Waals surface area contributed by atoms with Gasteiger partial charge in [-0.1, -0.05) is 0 Å². The second-order valence-corrected chi connectivity index (χ2v) is 13.7. The van der Waals surface area contributed by atoms with Gasteiger partial charge in [0.1, 0.15) is 22.7 Å². The third-order valence-electron chi connectivity index (χ3n) is 8.54. The maximum absolute atomic E-state index is 9.10. The van der Waals surface area contributed by atoms with E-state index >= 15 is 0 Å². The fourth-order valence-electron chi connectivity index (χ4n) is 5.38. The molecule has 5 rings (SSSR count). The topological polar surface area (TPSA) is 534 Å². The van der Waals surface area contributed by atoms with Crippen molar-refractivity contribution in [2.45, 2.75) is 52.7 Å². The van der Waals surface area contributed by atoms with Gasteiger partial charge in [-0.2, -0.15) is 0 Å². The molecule has 34 nitrogen and oxygen atoms in total. The van der Waals surface area contributed by atoms with Crippen molar-refractivity contribution in [2.75, 3.05) is 59.2 Å². The van der Waals surface area contributed by atoms with Gasteiger partial charge in [-0.25, -0.2) is 77.5 Å². The molecule has 0 spiro atoms. The van der Waals surface area contributed by atoms with Gasteiger partial charge in [0.2, 0.25) is 0 Å². The van der Waals surface area contributed by atoms with E-state index in [9.17, 15) is 0 Å². The smallest absolute Gasteiger partial charge is 0.414 e. The summed E-state index contributed by atoms with van der Waals surface area (Å²) in [6.45, 7) is 14.7. The lowest BCUT2D eigenvalue weighted by molar-refractivity contribution is -0.159. The highest BCUT2D eigenvalue weighted by molar-refractivity contribution is 6.29. The number of imidazole rings is 2. The van der Waals surface area contributed by atoms with E-state index in [4.69, 9.17) is 138 Å². The molecular formula is C41H54N8O26. The van der Waals surface area contributed by atoms with Crippen LogP contribution in [0.3, 0.4) is 0 Å². The monoisotopic (exact) mass is 1070 g/mol. The fraction of sp³-hybridized carbons (Fsp3) is 0.415. The van der Waals surface area contributed by atoms with Crippen LogP contribution in [0.2, 0.25) is 0 Å². The summed E-state index contributed by atoms with van der Waals surface area (Å²) in [7, 11) is 0. The lowest BCUT2D eigenvalue weighted by Crippen LogP contribution is -2.46. The fourth-order valence-corrected chi connectivity index (χ4v) is 5.38. The molecule has 34 heteroatoms. The number of aromatic nitrogens is 6. The first-order chi connectivity index (χ1) is 35.1. The minimum absolute atomic E-state index is 0.679. The maximum Gasteiger partial charge on any atom is 0.414 e. The van der Waals surface area contributed by atoms with Crippen molar-refractivity contribution in [3.8, 4) is 0 Å². The standard InChI is InChI=1S/C29H42N8O2.6C2H2O4/c1-3-38-21-19-36-26(32-24-9-7-12-30-28(24)36)11-5-6-14-34-15-17-35(18-16-34)23-27-33-25-10-8-13-31-29(25)37(27)20-22-39-4-2;6*3-1(4)2(5)6/h7-10,12-13H,3-6,11,14-23H2,1-2H3;6*(H,3,4)(H,5,6). The molecule has 0 amide bonds. The van der Waals surface area contributed by atoms with Crippen LogP contribution in [0.5, 0.6) is 0 Å². The van der Waals surface area contributed by atoms with Gasteiger partial charge < -0.3 is 84.8 Å². The number of unbranched alkanes of at least 4 members (excludes halogenated alkanes) is 1. The van der Waals surface area contributed by atoms with Crippen LogP contribution in [0.1, 0.15) is 38.3 Å². The predicted octanol–water partition coefficient (Wildman–Crippen LogP) is -1.68. The molecule has 1 aliphatic rings. The van der Waals surface area contributed by atoms with Gasteiger partial charge in [0.05, 0.1) is 19.8 Å². The molecule has 0 aliphatic carbocycles. The van der Waals surface area contributed by atoms with E-state index in [1.54, 1.807) is 0 Å². The van der Waals surface area contributed by atoms with Crippen LogP contribution >= 0.6 is 0 Å². The molecule has 0 unspecified atom stereocenters. The summed E-state index contributed by atoms with van der Waals surface area (Å²) in [6.07, 6.45) is 6.94. The summed E-state index contributed by atoms with van der Waals surface area (Å²) in [5, 5.41) is 88.7. The van der Waals surface area contributed by atoms with E-state index in [0.717, 1.165) is 112 Å². The zero-order chi connectivity index (χ0) is 57.8. The number of fused-ring (bicyclic) bond motifs is 2. The number of ether oxygens (including phenoxy) is 2. The summed E-state index contributed by atoms with van der Waals surface area (Å²) in [5.41, 5.74) is 3.85. The Morgan fingerprint density at radius 2 is 0.747 bits per heavy atom. The number of carboxylic acids is 12. The van der Waals surface area contributed by atoms with Crippen molar-refractivity contribution in [1.29, 1.82) is 0 Å². The Morgan fingerprint density at radius 3 is 1.07 bits per heavy atom. The van der Waals surface area contributed by atoms with Crippen molar-refractivity contribution < 1.29 is 128 Å². The zero-order valence-corrected chi connectivity index (χ0v) is 39.7. The van der Waals surface area contributed by atoms with Crippen LogP contribution in [0.25, 0.3) is 22.3 Å². The summed E-state index contributed by atoms with van der Waals surface area (Å²) >= 11 is 0. The first-order valence-corrected chi connectivity index (χ1v) is 21.1. The van der Waals surface area contributed by atoms with Gasteiger partial charge in [0, 0.05) is 71.3 Å². The van der Waals surface area contributed by atoms with Crippen molar-refractivity contribution in [3.63, 3.8) is 0 Å². The number of nitrogens with zero attached hydrogens (tertiary/aromatic N) is 8. The Bertz CT molecular complexity index is 2290. The summed E-state index contributed by atoms with van der Waals surface area (Å²) in [5.74, 6) is -19.7. The number of aliphatic carboxylic acids is 12. The predicted molar refractivity (Wildman–Crippen MR) is 244 cm³/mol. The van der Waals surface area contributed by atoms with Gasteiger partial charge in [0.15, 0.2) is 11.3 Å². The Balaban J connectivity index is 0. The van der Waals surface area contributed by atoms with E-state index in [1.165, 1.54) is 6.42 Å². The molecule has 4 aromatic heterocycles. The van der Waals surface area contributed by atoms with Crippen molar-refractivity contribution >= 4 is 94.0 Å². The minimum Gasteiger partial charge on any atom is -0.473 e. The third-order valence-corrected chi connectivity index (χ3v) is 8.54. The highest BCUT2D eigenvalue weighted by Crippen LogP contribution is 2.18. The molecule has 4 aromatic rings. The molecule has 1 saturated heterocycles. The lowest BCUT2D eigenvalue weighted by Gasteiger charge is -2.34. The molecule has 414 valence electrons. The van der Waals surface area contributed by atoms with Gasteiger partial charge in [-0.05, 0) is 57.5 Å². The molecule has 0 saturated carbocycles. The summed E-state index contributed by atoms with van der Waals surface area (Å²) in [6, 6.07) is 8.01. The van der Waals surface area contributed by atoms with Crippen LogP contribution in [-0.2, 0) is 93.1 Å². The second kappa shape index (κ2) is 37.5. The number of carbonyl (C=O) groups is 12. The molecule has 0 atom stereocenters. The number of carboxylic acid groups (broad SMARTS) is 12. The van der Waals surface area contributed by atoms with E-state index < -0.39 is 71.6 Å². The highest BCUT2D eigenvalue weighted by atomic mass is 16.5. The Labute approximate surface area is 420 Å². The zero-order valence-electron chi connectivity index (χ0n) is 39.7. The van der Waals surface area contributed by atoms with E-state index in [0.29, 0.717) is 13.2 Å². The van der Waals surface area contributed by atoms with Crippen LogP contribution in [0.4, 0.5) is 0 Å². The molecule has 0 aromatic carbocycles. The summed E-state index contributed by atoms with van der Waals surface area (Å²) < 4.78 is 15.7. The minimum atomic E-state index is -1.82. The van der Waals surface area contributed by atoms with Gasteiger partial charge in [-0.3, -0.25) is 4.90 Å². The Morgan fingerprint density at radius 1 is 0.440 bits per heavy atom. The van der Waals surface area contributed by atoms with Crippen molar-refractivity contribution in [3.05, 3.63) is 48.3 Å². The molecule has 5 heterocycles. The maximum atomic E-state index is 9.10. The van der Waals surface area contributed by atoms with E-state index in [1.807, 2.05) is 50.5 Å². The van der Waals surface area contributed by atoms with Gasteiger partial charge in [-0.15, -0.1) is 0 Å². The Kier molecular flexibility index (Phi) is 33.9. The molecule has 1 aliphatic heterocycles. The van der Waals surface area contributed by atoms with E-state index in [2.05, 4.69) is 28.9 Å². The number of hydrogen-bond acceptors (Lipinski definition) is 20. The first-order valence-electron chi connectivity index (χ1n) is 21.1. The van der Waals surface area contributed by atoms with E-state index in [-0.39, 0.29) is 0 Å². The average molecular weight is 1070 g/mol.